The van der Waals surface area contributed by atoms with Crippen LogP contribution >= 0.6 is 11.3 Å². The molecule has 0 spiro atoms. The molecule has 25 heavy (non-hydrogen) atoms. The molecule has 2 atom stereocenters. The molecule has 1 saturated heterocycles. The van der Waals surface area contributed by atoms with Gasteiger partial charge in [-0.05, 0) is 48.9 Å². The second kappa shape index (κ2) is 7.04. The van der Waals surface area contributed by atoms with Gasteiger partial charge in [-0.1, -0.05) is 25.0 Å². The predicted octanol–water partition coefficient (Wildman–Crippen LogP) is 5.00. The van der Waals surface area contributed by atoms with E-state index in [1.54, 1.807) is 12.1 Å². The number of rotatable bonds is 3. The van der Waals surface area contributed by atoms with Crippen LogP contribution in [0, 0.1) is 10.8 Å². The van der Waals surface area contributed by atoms with Crippen LogP contribution in [0.2, 0.25) is 0 Å². The molecule has 1 aliphatic carbocycles. The van der Waals surface area contributed by atoms with E-state index in [1.807, 2.05) is 17.5 Å². The van der Waals surface area contributed by atoms with Gasteiger partial charge in [0.05, 0.1) is 0 Å². The number of aromatic nitrogens is 1. The molecular formula is C19H21N3O2S. The molecule has 2 aromatic rings. The highest BCUT2D eigenvalue weighted by Gasteiger charge is 2.36. The zero-order valence-corrected chi connectivity index (χ0v) is 14.9. The molecule has 1 saturated carbocycles. The third-order valence-electron chi connectivity index (χ3n) is 5.46. The Balaban J connectivity index is 1.59. The zero-order chi connectivity index (χ0) is 17.2. The van der Waals surface area contributed by atoms with Gasteiger partial charge in [0.25, 0.3) is 5.91 Å². The first-order chi connectivity index (χ1) is 12.3. The van der Waals surface area contributed by atoms with Gasteiger partial charge in [0.2, 0.25) is 0 Å². The van der Waals surface area contributed by atoms with Crippen molar-refractivity contribution in [3.63, 3.8) is 0 Å². The van der Waals surface area contributed by atoms with E-state index in [-0.39, 0.29) is 5.91 Å². The summed E-state index contributed by atoms with van der Waals surface area (Å²) in [6, 6.07) is 7.50. The molecule has 1 aromatic carbocycles. The first-order valence-electron chi connectivity index (χ1n) is 8.97. The van der Waals surface area contributed by atoms with Gasteiger partial charge in [0.1, 0.15) is 16.4 Å². The molecule has 1 amide bonds. The van der Waals surface area contributed by atoms with Crippen molar-refractivity contribution in [3.05, 3.63) is 40.2 Å². The fourth-order valence-electron chi connectivity index (χ4n) is 4.25. The second-order valence-corrected chi connectivity index (χ2v) is 7.76. The average molecular weight is 355 g/mol. The summed E-state index contributed by atoms with van der Waals surface area (Å²) in [6.07, 6.45) is 7.20. The smallest absolute Gasteiger partial charge is 0.273 e. The highest BCUT2D eigenvalue weighted by molar-refractivity contribution is 7.13. The Morgan fingerprint density at radius 1 is 1.16 bits per heavy atom. The number of carbonyl (C=O) groups is 1. The fourth-order valence-corrected chi connectivity index (χ4v) is 5.08. The lowest BCUT2D eigenvalue weighted by Crippen LogP contribution is -2.49. The van der Waals surface area contributed by atoms with Crippen LogP contribution in [0.4, 0.5) is 5.69 Å². The third kappa shape index (κ3) is 3.11. The van der Waals surface area contributed by atoms with Crippen molar-refractivity contribution >= 4 is 22.9 Å². The van der Waals surface area contributed by atoms with Crippen LogP contribution in [0.5, 0.6) is 0 Å². The van der Waals surface area contributed by atoms with Crippen LogP contribution in [0.15, 0.2) is 34.8 Å². The van der Waals surface area contributed by atoms with Crippen molar-refractivity contribution in [1.29, 1.82) is 0 Å². The van der Waals surface area contributed by atoms with E-state index in [4.69, 9.17) is 0 Å². The van der Waals surface area contributed by atoms with Crippen molar-refractivity contribution in [2.75, 3.05) is 6.54 Å². The molecule has 2 unspecified atom stereocenters. The van der Waals surface area contributed by atoms with Crippen LogP contribution in [-0.2, 0) is 0 Å². The summed E-state index contributed by atoms with van der Waals surface area (Å²) in [5.74, 6) is 0.695. The van der Waals surface area contributed by atoms with Gasteiger partial charge in [-0.2, -0.15) is 0 Å². The third-order valence-corrected chi connectivity index (χ3v) is 6.34. The largest absolute Gasteiger partial charge is 0.334 e. The van der Waals surface area contributed by atoms with Crippen molar-refractivity contribution in [2.45, 2.75) is 44.6 Å². The Labute approximate surface area is 151 Å². The molecule has 5 nitrogen and oxygen atoms in total. The quantitative estimate of drug-likeness (QED) is 0.728. The highest BCUT2D eigenvalue weighted by Crippen LogP contribution is 2.37. The van der Waals surface area contributed by atoms with Crippen molar-refractivity contribution in [1.82, 2.24) is 9.88 Å². The number of amides is 1. The fraction of sp³-hybridized carbons (Fsp3) is 0.474. The van der Waals surface area contributed by atoms with E-state index in [9.17, 15) is 9.70 Å². The maximum Gasteiger partial charge on any atom is 0.273 e. The van der Waals surface area contributed by atoms with Crippen LogP contribution < -0.4 is 0 Å². The number of fused-ring (bicyclic) bond motifs is 1. The molecule has 0 N–H and O–H groups in total. The Kier molecular flexibility index (Phi) is 4.61. The first kappa shape index (κ1) is 16.4. The zero-order valence-electron chi connectivity index (χ0n) is 14.1. The predicted molar refractivity (Wildman–Crippen MR) is 99.0 cm³/mol. The van der Waals surface area contributed by atoms with Crippen molar-refractivity contribution in [2.24, 2.45) is 11.1 Å². The van der Waals surface area contributed by atoms with E-state index in [1.165, 1.54) is 37.0 Å². The molecule has 4 rings (SSSR count). The maximum atomic E-state index is 13.0. The Morgan fingerprint density at radius 3 is 2.84 bits per heavy atom. The molecule has 2 aliphatic rings. The molecule has 130 valence electrons. The number of piperidine rings is 1. The van der Waals surface area contributed by atoms with Gasteiger partial charge >= 0.3 is 0 Å². The lowest BCUT2D eigenvalue weighted by atomic mass is 9.78. The summed E-state index contributed by atoms with van der Waals surface area (Å²) < 4.78 is 0. The van der Waals surface area contributed by atoms with Crippen molar-refractivity contribution in [3.8, 4) is 10.6 Å². The summed E-state index contributed by atoms with van der Waals surface area (Å²) in [5.41, 5.74) is 1.55. The van der Waals surface area contributed by atoms with E-state index in [0.29, 0.717) is 33.9 Å². The molecule has 2 fully saturated rings. The number of hydrogen-bond donors (Lipinski definition) is 0. The Hall–Kier alpha value is -2.08. The average Bonchev–Trinajstić information content (AvgIpc) is 3.17. The number of hydrogen-bond acceptors (Lipinski definition) is 5. The van der Waals surface area contributed by atoms with Gasteiger partial charge in [0.15, 0.2) is 0 Å². The van der Waals surface area contributed by atoms with E-state index >= 15 is 0 Å². The minimum Gasteiger partial charge on any atom is -0.334 e. The molecule has 0 bridgehead atoms. The lowest BCUT2D eigenvalue weighted by Gasteiger charge is -2.43. The maximum absolute atomic E-state index is 13.0. The lowest BCUT2D eigenvalue weighted by molar-refractivity contribution is 0.0386. The highest BCUT2D eigenvalue weighted by atomic mass is 32.1. The van der Waals surface area contributed by atoms with Crippen LogP contribution in [0.25, 0.3) is 10.6 Å². The molecule has 6 heteroatoms. The van der Waals surface area contributed by atoms with E-state index in [0.717, 1.165) is 19.4 Å². The molecular weight excluding hydrogens is 334 g/mol. The van der Waals surface area contributed by atoms with Gasteiger partial charge in [-0.25, -0.2) is 4.98 Å². The minimum absolute atomic E-state index is 0.0376. The Morgan fingerprint density at radius 2 is 1.96 bits per heavy atom. The SMILES string of the molecule is O=Nc1ccccc1-c1nc(C(=O)N2CCCC3CCCCC32)cs1. The molecule has 0 radical (unpaired) electrons. The summed E-state index contributed by atoms with van der Waals surface area (Å²) >= 11 is 1.40. The number of benzene rings is 1. The first-order valence-corrected chi connectivity index (χ1v) is 9.85. The second-order valence-electron chi connectivity index (χ2n) is 6.90. The number of likely N-dealkylation sites (tertiary alicyclic amines) is 1. The van der Waals surface area contributed by atoms with Gasteiger partial charge in [0, 0.05) is 23.5 Å². The van der Waals surface area contributed by atoms with E-state index < -0.39 is 0 Å². The molecule has 1 aromatic heterocycles. The number of thiazole rings is 1. The minimum atomic E-state index is 0.0376. The summed E-state index contributed by atoms with van der Waals surface area (Å²) in [4.78, 5) is 30.6. The van der Waals surface area contributed by atoms with Crippen LogP contribution in [-0.4, -0.2) is 28.4 Å². The topological polar surface area (TPSA) is 62.6 Å². The van der Waals surface area contributed by atoms with Crippen molar-refractivity contribution < 1.29 is 4.79 Å². The summed E-state index contributed by atoms with van der Waals surface area (Å²) in [5, 5.41) is 5.55. The summed E-state index contributed by atoms with van der Waals surface area (Å²) in [6.45, 7) is 0.833. The number of nitroso groups, excluding NO2 is 1. The molecule has 1 aliphatic heterocycles. The normalized spacial score (nSPS) is 23.1. The van der Waals surface area contributed by atoms with Gasteiger partial charge < -0.3 is 4.90 Å². The van der Waals surface area contributed by atoms with Crippen LogP contribution in [0.1, 0.15) is 49.0 Å². The van der Waals surface area contributed by atoms with Crippen LogP contribution in [0.3, 0.4) is 0 Å². The standard InChI is InChI=1S/C19H21N3O2S/c23-19(22-11-5-7-13-6-1-4-10-17(13)22)16-12-25-18(20-16)14-8-2-3-9-15(14)21-24/h2-3,8-9,12-13,17H,1,4-7,10-11H2. The van der Waals surface area contributed by atoms with E-state index in [2.05, 4.69) is 15.1 Å². The van der Waals surface area contributed by atoms with Gasteiger partial charge in [-0.3, -0.25) is 4.79 Å². The number of carbonyl (C=O) groups excluding carboxylic acids is 1. The molecule has 2 heterocycles. The monoisotopic (exact) mass is 355 g/mol. The van der Waals surface area contributed by atoms with Gasteiger partial charge in [-0.15, -0.1) is 16.2 Å². The summed E-state index contributed by atoms with van der Waals surface area (Å²) in [7, 11) is 0. The number of nitrogens with zero attached hydrogens (tertiary/aromatic N) is 3. The Bertz CT molecular complexity index is 786.